The Balaban J connectivity index is 1.70. The Bertz CT molecular complexity index is 497. The van der Waals surface area contributed by atoms with Gasteiger partial charge in [-0.3, -0.25) is 4.79 Å². The van der Waals surface area contributed by atoms with Gasteiger partial charge in [0.2, 0.25) is 0 Å². The van der Waals surface area contributed by atoms with Crippen molar-refractivity contribution >= 4 is 28.2 Å². The molecule has 1 amide bonds. The molecular formula is C13H18N4OS. The summed E-state index contributed by atoms with van der Waals surface area (Å²) < 4.78 is 0. The summed E-state index contributed by atoms with van der Waals surface area (Å²) in [5.41, 5.74) is 5.88. The molecule has 0 unspecified atom stereocenters. The van der Waals surface area contributed by atoms with Crippen molar-refractivity contribution in [3.05, 3.63) is 17.0 Å². The molecule has 0 radical (unpaired) electrons. The van der Waals surface area contributed by atoms with Crippen molar-refractivity contribution in [2.45, 2.75) is 31.7 Å². The highest BCUT2D eigenvalue weighted by atomic mass is 32.1. The number of thiazole rings is 1. The van der Waals surface area contributed by atoms with E-state index in [0.29, 0.717) is 10.7 Å². The van der Waals surface area contributed by atoms with Crippen LogP contribution in [0.5, 0.6) is 0 Å². The van der Waals surface area contributed by atoms with Gasteiger partial charge in [-0.2, -0.15) is 0 Å². The SMILES string of the molecule is Nc1nc(N2CCCC2)sc1C(=O)NC1CC=CC1. The van der Waals surface area contributed by atoms with Gasteiger partial charge in [-0.1, -0.05) is 23.5 Å². The molecular weight excluding hydrogens is 260 g/mol. The van der Waals surface area contributed by atoms with Gasteiger partial charge in [0, 0.05) is 19.1 Å². The molecule has 1 fully saturated rings. The van der Waals surface area contributed by atoms with Gasteiger partial charge in [0.25, 0.3) is 5.91 Å². The molecule has 19 heavy (non-hydrogen) atoms. The molecule has 1 saturated heterocycles. The number of nitrogens with one attached hydrogen (secondary N) is 1. The monoisotopic (exact) mass is 278 g/mol. The van der Waals surface area contributed by atoms with Crippen molar-refractivity contribution in [1.82, 2.24) is 10.3 Å². The lowest BCUT2D eigenvalue weighted by Crippen LogP contribution is -2.32. The van der Waals surface area contributed by atoms with Crippen LogP contribution in [0.25, 0.3) is 0 Å². The van der Waals surface area contributed by atoms with Crippen molar-refractivity contribution in [3.8, 4) is 0 Å². The maximum atomic E-state index is 12.2. The molecule has 102 valence electrons. The molecule has 0 atom stereocenters. The third kappa shape index (κ3) is 2.58. The molecule has 1 aliphatic heterocycles. The Kier molecular flexibility index (Phi) is 3.42. The van der Waals surface area contributed by atoms with E-state index in [1.807, 2.05) is 0 Å². The van der Waals surface area contributed by atoms with Gasteiger partial charge >= 0.3 is 0 Å². The smallest absolute Gasteiger partial charge is 0.265 e. The fourth-order valence-corrected chi connectivity index (χ4v) is 3.45. The Morgan fingerprint density at radius 2 is 2.05 bits per heavy atom. The lowest BCUT2D eigenvalue weighted by Gasteiger charge is -2.12. The predicted molar refractivity (Wildman–Crippen MR) is 77.6 cm³/mol. The van der Waals surface area contributed by atoms with Crippen LogP contribution in [0.4, 0.5) is 10.9 Å². The first-order valence-corrected chi connectivity index (χ1v) is 7.53. The number of carbonyl (C=O) groups is 1. The third-order valence-corrected chi connectivity index (χ3v) is 4.70. The van der Waals surface area contributed by atoms with Crippen molar-refractivity contribution in [1.29, 1.82) is 0 Å². The second kappa shape index (κ2) is 5.21. The molecule has 2 aliphatic rings. The van der Waals surface area contributed by atoms with E-state index in [2.05, 4.69) is 27.4 Å². The number of rotatable bonds is 3. The van der Waals surface area contributed by atoms with E-state index in [4.69, 9.17) is 5.73 Å². The number of nitrogens with two attached hydrogens (primary N) is 1. The molecule has 3 N–H and O–H groups in total. The summed E-state index contributed by atoms with van der Waals surface area (Å²) >= 11 is 1.41. The van der Waals surface area contributed by atoms with Crippen molar-refractivity contribution in [2.24, 2.45) is 0 Å². The lowest BCUT2D eigenvalue weighted by atomic mass is 10.2. The molecule has 1 aromatic rings. The first-order chi connectivity index (χ1) is 9.24. The zero-order valence-electron chi connectivity index (χ0n) is 10.8. The summed E-state index contributed by atoms with van der Waals surface area (Å²) in [6.45, 7) is 2.03. The van der Waals surface area contributed by atoms with Crippen LogP contribution in [-0.2, 0) is 0 Å². The van der Waals surface area contributed by atoms with Crippen LogP contribution in [-0.4, -0.2) is 30.0 Å². The second-order valence-electron chi connectivity index (χ2n) is 5.02. The van der Waals surface area contributed by atoms with Gasteiger partial charge in [0.05, 0.1) is 0 Å². The normalized spacial score (nSPS) is 19.3. The fourth-order valence-electron chi connectivity index (χ4n) is 2.51. The van der Waals surface area contributed by atoms with Crippen LogP contribution < -0.4 is 16.0 Å². The van der Waals surface area contributed by atoms with Gasteiger partial charge < -0.3 is 16.0 Å². The van der Waals surface area contributed by atoms with Crippen molar-refractivity contribution in [3.63, 3.8) is 0 Å². The van der Waals surface area contributed by atoms with Crippen LogP contribution in [0.15, 0.2) is 12.2 Å². The maximum Gasteiger partial charge on any atom is 0.265 e. The maximum absolute atomic E-state index is 12.2. The third-order valence-electron chi connectivity index (χ3n) is 3.57. The minimum Gasteiger partial charge on any atom is -0.382 e. The summed E-state index contributed by atoms with van der Waals surface area (Å²) in [7, 11) is 0. The minimum absolute atomic E-state index is 0.0888. The van der Waals surface area contributed by atoms with Crippen LogP contribution >= 0.6 is 11.3 Å². The highest BCUT2D eigenvalue weighted by Gasteiger charge is 2.23. The van der Waals surface area contributed by atoms with Crippen LogP contribution in [0.1, 0.15) is 35.4 Å². The van der Waals surface area contributed by atoms with E-state index in [0.717, 1.165) is 31.1 Å². The molecule has 0 spiro atoms. The second-order valence-corrected chi connectivity index (χ2v) is 6.00. The fraction of sp³-hybridized carbons (Fsp3) is 0.538. The molecule has 1 aromatic heterocycles. The molecule has 3 rings (SSSR count). The number of aromatic nitrogens is 1. The van der Waals surface area contributed by atoms with E-state index in [-0.39, 0.29) is 11.9 Å². The highest BCUT2D eigenvalue weighted by molar-refractivity contribution is 7.18. The van der Waals surface area contributed by atoms with Gasteiger partial charge in [0.1, 0.15) is 10.7 Å². The van der Waals surface area contributed by atoms with E-state index < -0.39 is 0 Å². The number of carbonyl (C=O) groups excluding carboxylic acids is 1. The van der Waals surface area contributed by atoms with E-state index >= 15 is 0 Å². The van der Waals surface area contributed by atoms with Crippen molar-refractivity contribution < 1.29 is 4.79 Å². The quantitative estimate of drug-likeness (QED) is 0.827. The number of anilines is 2. The minimum atomic E-state index is -0.0888. The van der Waals surface area contributed by atoms with E-state index in [1.165, 1.54) is 24.2 Å². The largest absolute Gasteiger partial charge is 0.382 e. The number of nitrogens with zero attached hydrogens (tertiary/aromatic N) is 2. The molecule has 2 heterocycles. The molecule has 6 heteroatoms. The van der Waals surface area contributed by atoms with Gasteiger partial charge in [-0.05, 0) is 25.7 Å². The van der Waals surface area contributed by atoms with Crippen LogP contribution in [0.2, 0.25) is 0 Å². The summed E-state index contributed by atoms with van der Waals surface area (Å²) in [6.07, 6.45) is 8.38. The Labute approximate surface area is 116 Å². The summed E-state index contributed by atoms with van der Waals surface area (Å²) in [4.78, 5) is 19.3. The van der Waals surface area contributed by atoms with Crippen LogP contribution in [0.3, 0.4) is 0 Å². The number of hydrogen-bond donors (Lipinski definition) is 2. The zero-order chi connectivity index (χ0) is 13.2. The zero-order valence-corrected chi connectivity index (χ0v) is 11.6. The van der Waals surface area contributed by atoms with Crippen molar-refractivity contribution in [2.75, 3.05) is 23.7 Å². The van der Waals surface area contributed by atoms with Gasteiger partial charge in [0.15, 0.2) is 5.13 Å². The van der Waals surface area contributed by atoms with E-state index in [1.54, 1.807) is 0 Å². The Morgan fingerprint density at radius 1 is 1.37 bits per heavy atom. The lowest BCUT2D eigenvalue weighted by molar-refractivity contribution is 0.0944. The predicted octanol–water partition coefficient (Wildman–Crippen LogP) is 1.77. The Morgan fingerprint density at radius 3 is 2.74 bits per heavy atom. The number of nitrogen functional groups attached to an aromatic ring is 1. The summed E-state index contributed by atoms with van der Waals surface area (Å²) in [5, 5.41) is 3.89. The summed E-state index contributed by atoms with van der Waals surface area (Å²) in [6, 6.07) is 0.212. The molecule has 0 aromatic carbocycles. The topological polar surface area (TPSA) is 71.2 Å². The average molecular weight is 278 g/mol. The van der Waals surface area contributed by atoms with Gasteiger partial charge in [-0.25, -0.2) is 4.98 Å². The number of amides is 1. The molecule has 0 saturated carbocycles. The summed E-state index contributed by atoms with van der Waals surface area (Å²) in [5.74, 6) is 0.268. The first-order valence-electron chi connectivity index (χ1n) is 6.71. The molecule has 1 aliphatic carbocycles. The standard InChI is InChI=1S/C13H18N4OS/c14-11-10(12(18)15-9-5-1-2-6-9)19-13(16-11)17-7-3-4-8-17/h1-2,9H,3-8,14H2,(H,15,18). The molecule has 5 nitrogen and oxygen atoms in total. The van der Waals surface area contributed by atoms with E-state index in [9.17, 15) is 4.79 Å². The Hall–Kier alpha value is -1.56. The molecule has 0 bridgehead atoms. The first kappa shape index (κ1) is 12.5. The van der Waals surface area contributed by atoms with Gasteiger partial charge in [-0.15, -0.1) is 0 Å². The highest BCUT2D eigenvalue weighted by Crippen LogP contribution is 2.30. The average Bonchev–Trinajstić information content (AvgIpc) is 3.07. The number of hydrogen-bond acceptors (Lipinski definition) is 5. The van der Waals surface area contributed by atoms with Crippen LogP contribution in [0, 0.1) is 0 Å².